The summed E-state index contributed by atoms with van der Waals surface area (Å²) < 4.78 is 0. The van der Waals surface area contributed by atoms with E-state index in [-0.39, 0.29) is 0 Å². The first kappa shape index (κ1) is 8.74. The van der Waals surface area contributed by atoms with Crippen molar-refractivity contribution in [2.45, 2.75) is 6.42 Å². The van der Waals surface area contributed by atoms with Crippen LogP contribution in [0.4, 0.5) is 5.69 Å². The van der Waals surface area contributed by atoms with Crippen molar-refractivity contribution in [2.75, 3.05) is 12.3 Å². The lowest BCUT2D eigenvalue weighted by Gasteiger charge is -2.03. The molecule has 0 aromatic heterocycles. The average Bonchev–Trinajstić information content (AvgIpc) is 2.05. The Morgan fingerprint density at radius 2 is 2.17 bits per heavy atom. The zero-order valence-corrected chi connectivity index (χ0v) is 6.79. The molecule has 0 saturated carbocycles. The molecular formula is C9H12N2O. The summed E-state index contributed by atoms with van der Waals surface area (Å²) in [5.74, 6) is 0. The van der Waals surface area contributed by atoms with Gasteiger partial charge in [0.1, 0.15) is 6.29 Å². The van der Waals surface area contributed by atoms with Gasteiger partial charge >= 0.3 is 0 Å². The van der Waals surface area contributed by atoms with Gasteiger partial charge in [-0.2, -0.15) is 0 Å². The van der Waals surface area contributed by atoms with Crippen LogP contribution in [0.25, 0.3) is 0 Å². The van der Waals surface area contributed by atoms with Gasteiger partial charge in [0.25, 0.3) is 0 Å². The highest BCUT2D eigenvalue weighted by Crippen LogP contribution is 2.11. The molecule has 0 unspecified atom stereocenters. The van der Waals surface area contributed by atoms with Gasteiger partial charge in [-0.15, -0.1) is 0 Å². The Labute approximate surface area is 71.4 Å². The maximum Gasteiger partial charge on any atom is 0.150 e. The monoisotopic (exact) mass is 164 g/mol. The van der Waals surface area contributed by atoms with Gasteiger partial charge in [0, 0.05) is 11.3 Å². The van der Waals surface area contributed by atoms with Crippen molar-refractivity contribution in [3.63, 3.8) is 0 Å². The lowest BCUT2D eigenvalue weighted by atomic mass is 10.0. The zero-order chi connectivity index (χ0) is 8.97. The fraction of sp³-hybridized carbons (Fsp3) is 0.222. The summed E-state index contributed by atoms with van der Waals surface area (Å²) >= 11 is 0. The van der Waals surface area contributed by atoms with E-state index in [9.17, 15) is 4.79 Å². The highest BCUT2D eigenvalue weighted by atomic mass is 16.1. The molecule has 0 bridgehead atoms. The lowest BCUT2D eigenvalue weighted by molar-refractivity contribution is 0.112. The van der Waals surface area contributed by atoms with Crippen LogP contribution >= 0.6 is 0 Å². The SMILES string of the molecule is NCCc1cc(N)ccc1C=O. The van der Waals surface area contributed by atoms with E-state index in [4.69, 9.17) is 11.5 Å². The molecule has 0 heterocycles. The normalized spacial score (nSPS) is 9.75. The number of benzene rings is 1. The summed E-state index contributed by atoms with van der Waals surface area (Å²) in [5.41, 5.74) is 13.2. The van der Waals surface area contributed by atoms with E-state index in [1.54, 1.807) is 18.2 Å². The van der Waals surface area contributed by atoms with Gasteiger partial charge in [-0.05, 0) is 36.7 Å². The van der Waals surface area contributed by atoms with Crippen LogP contribution in [0.3, 0.4) is 0 Å². The van der Waals surface area contributed by atoms with Crippen LogP contribution in [-0.2, 0) is 6.42 Å². The van der Waals surface area contributed by atoms with Gasteiger partial charge in [-0.3, -0.25) is 4.79 Å². The van der Waals surface area contributed by atoms with E-state index in [1.807, 2.05) is 0 Å². The fourth-order valence-corrected chi connectivity index (χ4v) is 1.11. The Morgan fingerprint density at radius 1 is 1.42 bits per heavy atom. The molecule has 3 heteroatoms. The quantitative estimate of drug-likeness (QED) is 0.507. The molecular weight excluding hydrogens is 152 g/mol. The summed E-state index contributed by atoms with van der Waals surface area (Å²) in [6.45, 7) is 0.532. The van der Waals surface area contributed by atoms with Crippen LogP contribution in [0.15, 0.2) is 18.2 Å². The lowest BCUT2D eigenvalue weighted by Crippen LogP contribution is -2.05. The maximum atomic E-state index is 10.5. The van der Waals surface area contributed by atoms with E-state index < -0.39 is 0 Å². The molecule has 0 atom stereocenters. The van der Waals surface area contributed by atoms with E-state index in [1.165, 1.54) is 0 Å². The van der Waals surface area contributed by atoms with Crippen molar-refractivity contribution >= 4 is 12.0 Å². The fourth-order valence-electron chi connectivity index (χ4n) is 1.11. The molecule has 1 aromatic rings. The van der Waals surface area contributed by atoms with E-state index in [2.05, 4.69) is 0 Å². The second-order valence-corrected chi connectivity index (χ2v) is 2.61. The van der Waals surface area contributed by atoms with Crippen LogP contribution in [0, 0.1) is 0 Å². The number of carbonyl (C=O) groups excluding carboxylic acids is 1. The van der Waals surface area contributed by atoms with Gasteiger partial charge in [-0.1, -0.05) is 0 Å². The van der Waals surface area contributed by atoms with E-state index >= 15 is 0 Å². The smallest absolute Gasteiger partial charge is 0.150 e. The topological polar surface area (TPSA) is 69.1 Å². The standard InChI is InChI=1S/C9H12N2O/c10-4-3-7-5-9(11)2-1-8(7)6-12/h1-2,5-6H,3-4,10-11H2. The van der Waals surface area contributed by atoms with Crippen molar-refractivity contribution in [3.05, 3.63) is 29.3 Å². The average molecular weight is 164 g/mol. The predicted octanol–water partition coefficient (Wildman–Crippen LogP) is 0.582. The summed E-state index contributed by atoms with van der Waals surface area (Å²) in [6, 6.07) is 5.22. The molecule has 0 aliphatic heterocycles. The summed E-state index contributed by atoms with van der Waals surface area (Å²) in [5, 5.41) is 0. The largest absolute Gasteiger partial charge is 0.399 e. The molecule has 12 heavy (non-hydrogen) atoms. The summed E-state index contributed by atoms with van der Waals surface area (Å²) in [7, 11) is 0. The second kappa shape index (κ2) is 3.88. The minimum Gasteiger partial charge on any atom is -0.399 e. The summed E-state index contributed by atoms with van der Waals surface area (Å²) in [6.07, 6.45) is 1.52. The van der Waals surface area contributed by atoms with Crippen molar-refractivity contribution < 1.29 is 4.79 Å². The van der Waals surface area contributed by atoms with Gasteiger partial charge in [-0.25, -0.2) is 0 Å². The van der Waals surface area contributed by atoms with Gasteiger partial charge in [0.05, 0.1) is 0 Å². The number of carbonyl (C=O) groups is 1. The Kier molecular flexibility index (Phi) is 2.82. The van der Waals surface area contributed by atoms with E-state index in [0.29, 0.717) is 24.2 Å². The number of nitrogens with two attached hydrogens (primary N) is 2. The number of anilines is 1. The molecule has 0 aliphatic carbocycles. The van der Waals surface area contributed by atoms with Crippen molar-refractivity contribution in [3.8, 4) is 0 Å². The van der Waals surface area contributed by atoms with Crippen molar-refractivity contribution in [2.24, 2.45) is 5.73 Å². The molecule has 0 radical (unpaired) electrons. The molecule has 1 aromatic carbocycles. The third-order valence-electron chi connectivity index (χ3n) is 1.71. The number of hydrogen-bond acceptors (Lipinski definition) is 3. The Balaban J connectivity index is 3.03. The summed E-state index contributed by atoms with van der Waals surface area (Å²) in [4.78, 5) is 10.5. The molecule has 3 nitrogen and oxygen atoms in total. The third-order valence-corrected chi connectivity index (χ3v) is 1.71. The Bertz CT molecular complexity index is 284. The molecule has 0 amide bonds. The Morgan fingerprint density at radius 3 is 2.75 bits per heavy atom. The molecule has 0 spiro atoms. The Hall–Kier alpha value is -1.35. The van der Waals surface area contributed by atoms with Crippen LogP contribution in [0.5, 0.6) is 0 Å². The highest BCUT2D eigenvalue weighted by molar-refractivity contribution is 5.78. The van der Waals surface area contributed by atoms with Crippen molar-refractivity contribution in [1.82, 2.24) is 0 Å². The van der Waals surface area contributed by atoms with Crippen LogP contribution < -0.4 is 11.5 Å². The minimum absolute atomic E-state index is 0.532. The maximum absolute atomic E-state index is 10.5. The number of aldehydes is 1. The van der Waals surface area contributed by atoms with Crippen molar-refractivity contribution in [1.29, 1.82) is 0 Å². The number of nitrogen functional groups attached to an aromatic ring is 1. The van der Waals surface area contributed by atoms with Crippen LogP contribution in [0.1, 0.15) is 15.9 Å². The van der Waals surface area contributed by atoms with Gasteiger partial charge < -0.3 is 11.5 Å². The molecule has 0 aliphatic rings. The zero-order valence-electron chi connectivity index (χ0n) is 6.79. The predicted molar refractivity (Wildman–Crippen MR) is 49.0 cm³/mol. The third kappa shape index (κ3) is 1.83. The number of rotatable bonds is 3. The molecule has 1 rings (SSSR count). The highest BCUT2D eigenvalue weighted by Gasteiger charge is 2.00. The number of hydrogen-bond donors (Lipinski definition) is 2. The van der Waals surface area contributed by atoms with Crippen LogP contribution in [0.2, 0.25) is 0 Å². The molecule has 64 valence electrons. The first-order chi connectivity index (χ1) is 5.77. The molecule has 4 N–H and O–H groups in total. The first-order valence-electron chi connectivity index (χ1n) is 3.81. The minimum atomic E-state index is 0.532. The van der Waals surface area contributed by atoms with E-state index in [0.717, 1.165) is 11.8 Å². The van der Waals surface area contributed by atoms with Crippen LogP contribution in [-0.4, -0.2) is 12.8 Å². The molecule has 0 saturated heterocycles. The van der Waals surface area contributed by atoms with Gasteiger partial charge in [0.15, 0.2) is 0 Å². The first-order valence-corrected chi connectivity index (χ1v) is 3.81. The second-order valence-electron chi connectivity index (χ2n) is 2.61. The van der Waals surface area contributed by atoms with Gasteiger partial charge in [0.2, 0.25) is 0 Å². The molecule has 0 fully saturated rings.